The second-order valence-electron chi connectivity index (χ2n) is 6.71. The van der Waals surface area contributed by atoms with Crippen LogP contribution in [0, 0.1) is 5.92 Å². The minimum Gasteiger partial charge on any atom is -0.369 e. The van der Waals surface area contributed by atoms with Gasteiger partial charge in [-0.25, -0.2) is 9.98 Å². The van der Waals surface area contributed by atoms with E-state index in [0.29, 0.717) is 22.7 Å². The lowest BCUT2D eigenvalue weighted by Gasteiger charge is -2.17. The lowest BCUT2D eigenvalue weighted by molar-refractivity contribution is 0.00414. The average molecular weight is 348 g/mol. The molecule has 3 heterocycles. The van der Waals surface area contributed by atoms with Gasteiger partial charge >= 0.3 is 0 Å². The normalized spacial score (nSPS) is 29.6. The fourth-order valence-electron chi connectivity index (χ4n) is 3.58. The molecular weight excluding hydrogens is 327 g/mol. The molecule has 0 aromatic carbocycles. The number of nitrogens with zero attached hydrogens (tertiary/aromatic N) is 5. The monoisotopic (exact) mass is 348 g/mol. The van der Waals surface area contributed by atoms with Gasteiger partial charge in [0.25, 0.3) is 5.56 Å². The number of imidazole rings is 1. The van der Waals surface area contributed by atoms with Gasteiger partial charge in [0.2, 0.25) is 5.95 Å². The summed E-state index contributed by atoms with van der Waals surface area (Å²) in [5, 5.41) is 0. The van der Waals surface area contributed by atoms with Crippen LogP contribution in [-0.2, 0) is 4.74 Å². The first-order valence-electron chi connectivity index (χ1n) is 8.11. The van der Waals surface area contributed by atoms with Gasteiger partial charge in [-0.3, -0.25) is 14.3 Å². The van der Waals surface area contributed by atoms with E-state index in [1.165, 1.54) is 12.8 Å². The van der Waals surface area contributed by atoms with Crippen LogP contribution in [0.2, 0.25) is 0 Å². The summed E-state index contributed by atoms with van der Waals surface area (Å²) in [4.78, 5) is 29.5. The Morgan fingerprint density at radius 1 is 1.50 bits per heavy atom. The van der Waals surface area contributed by atoms with E-state index >= 15 is 0 Å². The largest absolute Gasteiger partial charge is 0.369 e. The summed E-state index contributed by atoms with van der Waals surface area (Å²) in [6.45, 7) is 0. The molecule has 0 bridgehead atoms. The molecule has 2 fully saturated rings. The summed E-state index contributed by atoms with van der Waals surface area (Å²) in [5.74, 6) is 0.841. The summed E-state index contributed by atoms with van der Waals surface area (Å²) < 4.78 is 8.10. The molecule has 1 N–H and O–H groups in total. The van der Waals surface area contributed by atoms with Crippen LogP contribution in [0.3, 0.4) is 0 Å². The zero-order valence-electron chi connectivity index (χ0n) is 13.7. The fraction of sp³-hybridized carbons (Fsp3) is 0.600. The van der Waals surface area contributed by atoms with Gasteiger partial charge in [-0.2, -0.15) is 4.98 Å². The van der Waals surface area contributed by atoms with Gasteiger partial charge < -0.3 is 9.64 Å². The first kappa shape index (κ1) is 15.7. The number of nitrogens with one attached hydrogen (secondary N) is 1. The zero-order valence-corrected chi connectivity index (χ0v) is 14.9. The number of hydrogen-bond donors (Lipinski definition) is 1. The number of H-pyrrole nitrogens is 1. The third-order valence-corrected chi connectivity index (χ3v) is 5.43. The molecule has 128 valence electrons. The first-order chi connectivity index (χ1) is 11.5. The van der Waals surface area contributed by atoms with Crippen molar-refractivity contribution in [1.29, 1.82) is 0 Å². The number of ether oxygens (including phenoxy) is 1. The Bertz CT molecular complexity index is 844. The zero-order chi connectivity index (χ0) is 16.8. The third kappa shape index (κ3) is 2.63. The highest BCUT2D eigenvalue weighted by Gasteiger charge is 2.43. The van der Waals surface area contributed by atoms with Crippen molar-refractivity contribution >= 4 is 32.7 Å². The van der Waals surface area contributed by atoms with E-state index in [1.54, 1.807) is 17.6 Å². The summed E-state index contributed by atoms with van der Waals surface area (Å²) in [7, 11) is 6.60. The van der Waals surface area contributed by atoms with Crippen molar-refractivity contribution in [2.75, 3.05) is 14.1 Å². The molecule has 9 heteroatoms. The Kier molecular flexibility index (Phi) is 3.89. The van der Waals surface area contributed by atoms with E-state index in [4.69, 9.17) is 4.74 Å². The van der Waals surface area contributed by atoms with Crippen molar-refractivity contribution < 1.29 is 4.74 Å². The molecule has 2 aliphatic rings. The predicted molar refractivity (Wildman–Crippen MR) is 94.7 cm³/mol. The fourth-order valence-corrected chi connectivity index (χ4v) is 4.18. The maximum Gasteiger partial charge on any atom is 0.280 e. The molecule has 0 spiro atoms. The van der Waals surface area contributed by atoms with E-state index in [0.717, 1.165) is 6.42 Å². The standard InChI is InChI=1S/C15H21N6O2P/c1-20(2)6-17-15-18-13-11(14(22)19-15)16-7-21(13)10-5-8-3-4-9(24)12(8)23-10/h6-10,12H,3-5,24H2,1-2H3,(H,18,19,22). The molecule has 1 saturated heterocycles. The molecule has 0 amide bonds. The minimum atomic E-state index is -0.285. The highest BCUT2D eigenvalue weighted by molar-refractivity contribution is 7.17. The van der Waals surface area contributed by atoms with E-state index in [-0.39, 0.29) is 23.8 Å². The molecular formula is C15H21N6O2P. The first-order valence-corrected chi connectivity index (χ1v) is 8.78. The predicted octanol–water partition coefficient (Wildman–Crippen LogP) is 1.28. The summed E-state index contributed by atoms with van der Waals surface area (Å²) in [5.41, 5.74) is 1.06. The van der Waals surface area contributed by atoms with E-state index < -0.39 is 0 Å². The molecule has 5 atom stereocenters. The van der Waals surface area contributed by atoms with Gasteiger partial charge in [-0.15, -0.1) is 9.24 Å². The van der Waals surface area contributed by atoms with Crippen LogP contribution in [0.25, 0.3) is 11.2 Å². The van der Waals surface area contributed by atoms with Gasteiger partial charge in [0.05, 0.1) is 18.8 Å². The molecule has 1 aliphatic heterocycles. The van der Waals surface area contributed by atoms with Crippen molar-refractivity contribution in [2.45, 2.75) is 37.3 Å². The Morgan fingerprint density at radius 2 is 2.33 bits per heavy atom. The number of hydrogen-bond acceptors (Lipinski definition) is 5. The number of fused-ring (bicyclic) bond motifs is 2. The van der Waals surface area contributed by atoms with Crippen LogP contribution in [0.15, 0.2) is 16.1 Å². The van der Waals surface area contributed by atoms with Crippen LogP contribution >= 0.6 is 9.24 Å². The van der Waals surface area contributed by atoms with Crippen LogP contribution < -0.4 is 5.56 Å². The number of aromatic nitrogens is 4. The summed E-state index contributed by atoms with van der Waals surface area (Å²) in [6, 6.07) is 0. The van der Waals surface area contributed by atoms with Crippen molar-refractivity contribution in [3.8, 4) is 0 Å². The van der Waals surface area contributed by atoms with E-state index in [2.05, 4.69) is 29.2 Å². The number of rotatable bonds is 3. The van der Waals surface area contributed by atoms with E-state index in [9.17, 15) is 4.79 Å². The molecule has 1 aliphatic carbocycles. The highest BCUT2D eigenvalue weighted by Crippen LogP contribution is 2.46. The van der Waals surface area contributed by atoms with Crippen molar-refractivity contribution in [2.24, 2.45) is 10.9 Å². The van der Waals surface area contributed by atoms with Gasteiger partial charge in [-0.1, -0.05) is 0 Å². The lowest BCUT2D eigenvalue weighted by Crippen LogP contribution is -2.19. The van der Waals surface area contributed by atoms with E-state index in [1.807, 2.05) is 18.7 Å². The van der Waals surface area contributed by atoms with Crippen LogP contribution in [0.1, 0.15) is 25.5 Å². The molecule has 2 aromatic heterocycles. The van der Waals surface area contributed by atoms with Crippen LogP contribution in [-0.4, -0.2) is 56.6 Å². The summed E-state index contributed by atoms with van der Waals surface area (Å²) >= 11 is 0. The topological polar surface area (TPSA) is 88.4 Å². The quantitative estimate of drug-likeness (QED) is 0.513. The van der Waals surface area contributed by atoms with Gasteiger partial charge in [0.15, 0.2) is 11.2 Å². The Balaban J connectivity index is 1.70. The Labute approximate surface area is 141 Å². The molecule has 2 aromatic rings. The average Bonchev–Trinajstić information content (AvgIpc) is 3.21. The van der Waals surface area contributed by atoms with Gasteiger partial charge in [0, 0.05) is 19.8 Å². The molecule has 24 heavy (non-hydrogen) atoms. The SMILES string of the molecule is CN(C)C=Nc1nc2c(ncn2C2CC3CCC(P)C3O2)c(=O)[nH]1. The van der Waals surface area contributed by atoms with Crippen molar-refractivity contribution in [1.82, 2.24) is 24.4 Å². The van der Waals surface area contributed by atoms with Crippen molar-refractivity contribution in [3.05, 3.63) is 16.7 Å². The summed E-state index contributed by atoms with van der Waals surface area (Å²) in [6.07, 6.45) is 6.72. The molecule has 4 rings (SSSR count). The second kappa shape index (κ2) is 5.93. The molecule has 5 unspecified atom stereocenters. The second-order valence-corrected chi connectivity index (χ2v) is 7.57. The maximum absolute atomic E-state index is 12.2. The number of aromatic amines is 1. The van der Waals surface area contributed by atoms with Gasteiger partial charge in [-0.05, 0) is 25.2 Å². The molecule has 8 nitrogen and oxygen atoms in total. The Morgan fingerprint density at radius 3 is 3.08 bits per heavy atom. The van der Waals surface area contributed by atoms with Crippen molar-refractivity contribution in [3.63, 3.8) is 0 Å². The smallest absolute Gasteiger partial charge is 0.280 e. The number of aliphatic imine (C=N–C) groups is 1. The van der Waals surface area contributed by atoms with Gasteiger partial charge in [0.1, 0.15) is 6.23 Å². The molecule has 1 saturated carbocycles. The third-order valence-electron chi connectivity index (χ3n) is 4.72. The molecule has 0 radical (unpaired) electrons. The maximum atomic E-state index is 12.2. The Hall–Kier alpha value is -1.79. The van der Waals surface area contributed by atoms with Crippen LogP contribution in [0.5, 0.6) is 0 Å². The minimum absolute atomic E-state index is 0.117. The lowest BCUT2D eigenvalue weighted by atomic mass is 10.0. The van der Waals surface area contributed by atoms with Crippen LogP contribution in [0.4, 0.5) is 5.95 Å². The highest BCUT2D eigenvalue weighted by atomic mass is 31.0.